The number of hydrogen-bond donors (Lipinski definition) is 2. The van der Waals surface area contributed by atoms with Crippen LogP contribution in [0.15, 0.2) is 41.6 Å². The van der Waals surface area contributed by atoms with Gasteiger partial charge in [-0.15, -0.1) is 0 Å². The highest BCUT2D eigenvalue weighted by atomic mass is 32.2. The maximum Gasteiger partial charge on any atom is 0.394 e. The highest BCUT2D eigenvalue weighted by Crippen LogP contribution is 2.29. The molecule has 0 spiro atoms. The maximum absolute atomic E-state index is 14.7. The summed E-state index contributed by atoms with van der Waals surface area (Å²) in [6, 6.07) is 5.55. The molecule has 0 bridgehead atoms. The van der Waals surface area contributed by atoms with Crippen LogP contribution in [0.3, 0.4) is 0 Å². The van der Waals surface area contributed by atoms with Crippen LogP contribution in [0.25, 0.3) is 5.65 Å². The van der Waals surface area contributed by atoms with Gasteiger partial charge in [0.1, 0.15) is 11.9 Å². The average Bonchev–Trinajstić information content (AvgIpc) is 3.24. The Bertz CT molecular complexity index is 1510. The number of nitrogens with zero attached hydrogens (tertiary/aromatic N) is 3. The van der Waals surface area contributed by atoms with Crippen LogP contribution >= 0.6 is 0 Å². The Morgan fingerprint density at radius 2 is 2.00 bits per heavy atom. The van der Waals surface area contributed by atoms with Crippen LogP contribution in [0.2, 0.25) is 0 Å². The van der Waals surface area contributed by atoms with Gasteiger partial charge in [-0.2, -0.15) is 13.2 Å². The fourth-order valence-corrected chi connectivity index (χ4v) is 5.04. The number of nitrogens with one attached hydrogen (secondary N) is 2. The third-order valence-corrected chi connectivity index (χ3v) is 7.46. The van der Waals surface area contributed by atoms with Crippen molar-refractivity contribution in [2.24, 2.45) is 0 Å². The van der Waals surface area contributed by atoms with Gasteiger partial charge in [0.25, 0.3) is 0 Å². The minimum atomic E-state index is -4.43. The average molecular weight is 568 g/mol. The van der Waals surface area contributed by atoms with E-state index in [4.69, 9.17) is 4.74 Å². The highest BCUT2D eigenvalue weighted by Gasteiger charge is 2.31. The van der Waals surface area contributed by atoms with Crippen LogP contribution in [0.4, 0.5) is 28.9 Å². The first-order valence-electron chi connectivity index (χ1n) is 12.1. The van der Waals surface area contributed by atoms with Gasteiger partial charge in [-0.25, -0.2) is 17.8 Å². The Labute approximate surface area is 224 Å². The molecule has 39 heavy (non-hydrogen) atoms. The van der Waals surface area contributed by atoms with Gasteiger partial charge in [0.15, 0.2) is 15.5 Å². The number of imidazole rings is 1. The predicted octanol–water partition coefficient (Wildman–Crippen LogP) is 3.77. The summed E-state index contributed by atoms with van der Waals surface area (Å²) in [6.45, 7) is 1.07. The molecule has 1 saturated heterocycles. The lowest BCUT2D eigenvalue weighted by Crippen LogP contribution is -2.46. The molecule has 1 aliphatic rings. The number of aromatic nitrogens is 2. The first kappa shape index (κ1) is 28.5. The van der Waals surface area contributed by atoms with Gasteiger partial charge in [-0.3, -0.25) is 0 Å². The van der Waals surface area contributed by atoms with E-state index in [0.29, 0.717) is 35.7 Å². The summed E-state index contributed by atoms with van der Waals surface area (Å²) < 4.78 is 84.4. The van der Waals surface area contributed by atoms with Gasteiger partial charge in [0.05, 0.1) is 48.1 Å². The number of ether oxygens (including phenoxy) is 1. The first-order valence-corrected chi connectivity index (χ1v) is 14.0. The van der Waals surface area contributed by atoms with Crippen molar-refractivity contribution in [2.45, 2.75) is 36.1 Å². The summed E-state index contributed by atoms with van der Waals surface area (Å²) in [5.41, 5.74) is 1.54. The summed E-state index contributed by atoms with van der Waals surface area (Å²) in [7, 11) is -0.161. The second-order valence-electron chi connectivity index (χ2n) is 9.48. The number of pyridine rings is 1. The zero-order valence-electron chi connectivity index (χ0n) is 21.6. The monoisotopic (exact) mass is 567 g/mol. The Balaban J connectivity index is 1.60. The van der Waals surface area contributed by atoms with E-state index in [2.05, 4.69) is 27.5 Å². The van der Waals surface area contributed by atoms with E-state index < -0.39 is 34.6 Å². The van der Waals surface area contributed by atoms with Crippen molar-refractivity contribution < 1.29 is 30.7 Å². The molecule has 4 rings (SSSR count). The van der Waals surface area contributed by atoms with Crippen molar-refractivity contribution in [3.8, 4) is 17.6 Å². The first-order chi connectivity index (χ1) is 18.3. The van der Waals surface area contributed by atoms with Crippen LogP contribution in [-0.4, -0.2) is 81.1 Å². The van der Waals surface area contributed by atoms with E-state index in [1.165, 1.54) is 36.0 Å². The van der Waals surface area contributed by atoms with Crippen molar-refractivity contribution in [1.82, 2.24) is 14.3 Å². The van der Waals surface area contributed by atoms with Crippen LogP contribution in [0.5, 0.6) is 5.75 Å². The van der Waals surface area contributed by atoms with E-state index in [9.17, 15) is 26.0 Å². The Morgan fingerprint density at radius 3 is 2.67 bits per heavy atom. The van der Waals surface area contributed by atoms with E-state index in [1.54, 1.807) is 12.1 Å². The number of rotatable bonds is 7. The number of alkyl halides is 4. The molecule has 2 aromatic heterocycles. The number of benzene rings is 1. The molecule has 0 saturated carbocycles. The fourth-order valence-electron chi connectivity index (χ4n) is 4.40. The number of hydrogen-bond acceptors (Lipinski definition) is 7. The number of likely N-dealkylation sites (tertiary alicyclic amines) is 1. The number of fused-ring (bicyclic) bond motifs is 1. The summed E-state index contributed by atoms with van der Waals surface area (Å²) in [6.07, 6.45) is -2.49. The zero-order valence-corrected chi connectivity index (χ0v) is 22.5. The van der Waals surface area contributed by atoms with Crippen molar-refractivity contribution >= 4 is 26.9 Å². The van der Waals surface area contributed by atoms with Crippen molar-refractivity contribution in [1.29, 1.82) is 0 Å². The highest BCUT2D eigenvalue weighted by molar-refractivity contribution is 7.90. The molecule has 210 valence electrons. The van der Waals surface area contributed by atoms with Crippen LogP contribution in [-0.2, 0) is 16.3 Å². The molecule has 1 aliphatic heterocycles. The molecule has 3 heterocycles. The second kappa shape index (κ2) is 11.3. The van der Waals surface area contributed by atoms with E-state index >= 15 is 0 Å². The molecule has 0 radical (unpaired) electrons. The Kier molecular flexibility index (Phi) is 8.27. The van der Waals surface area contributed by atoms with Gasteiger partial charge in [0, 0.05) is 43.4 Å². The summed E-state index contributed by atoms with van der Waals surface area (Å²) in [4.78, 5) is 6.17. The third kappa shape index (κ3) is 7.13. The van der Waals surface area contributed by atoms with Gasteiger partial charge in [-0.05, 0) is 31.7 Å². The molecule has 13 heteroatoms. The lowest BCUT2D eigenvalue weighted by atomic mass is 10.0. The number of piperidine rings is 1. The van der Waals surface area contributed by atoms with Gasteiger partial charge in [-0.1, -0.05) is 11.8 Å². The van der Waals surface area contributed by atoms with Gasteiger partial charge >= 0.3 is 6.18 Å². The molecule has 0 unspecified atom stereocenters. The number of anilines is 2. The summed E-state index contributed by atoms with van der Waals surface area (Å²) in [5, 5.41) is 6.19. The predicted molar refractivity (Wildman–Crippen MR) is 141 cm³/mol. The molecule has 1 aromatic carbocycles. The van der Waals surface area contributed by atoms with Crippen LogP contribution in [0, 0.1) is 11.8 Å². The molecular formula is C26H29F4N5O3S. The number of sulfone groups is 1. The molecular weight excluding hydrogens is 538 g/mol. The standard InChI is InChI=1S/C26H29F4N5O3S/c1-34-10-8-21(20(27)16-34)33-23-11-17(15-35-18(13-26(28,29)30)14-32-25(23)35)5-4-9-31-22-7-6-19(39(3,36)37)12-24(22)38-2/h6-7,11-12,14-15,20-21,31,33H,8-10,13,16H2,1-3H3/t20-,21-/m1/s1. The molecule has 8 nitrogen and oxygen atoms in total. The Morgan fingerprint density at radius 1 is 1.23 bits per heavy atom. The van der Waals surface area contributed by atoms with Crippen molar-refractivity contribution in [3.05, 3.63) is 47.9 Å². The van der Waals surface area contributed by atoms with Crippen LogP contribution < -0.4 is 15.4 Å². The summed E-state index contributed by atoms with van der Waals surface area (Å²) in [5.74, 6) is 6.17. The molecule has 1 fully saturated rings. The zero-order chi connectivity index (χ0) is 28.4. The number of halogens is 4. The van der Waals surface area contributed by atoms with E-state index in [-0.39, 0.29) is 29.3 Å². The fraction of sp³-hybridized carbons (Fsp3) is 0.423. The SMILES string of the molecule is COc1cc(S(C)(=O)=O)ccc1NCC#Cc1cc(N[C@@H]2CCN(C)C[C@H]2F)c2ncc(CC(F)(F)F)n2c1. The lowest BCUT2D eigenvalue weighted by molar-refractivity contribution is -0.127. The number of methoxy groups -OCH3 is 1. The third-order valence-electron chi connectivity index (χ3n) is 6.35. The molecule has 2 atom stereocenters. The smallest absolute Gasteiger partial charge is 0.394 e. The van der Waals surface area contributed by atoms with Gasteiger partial charge < -0.3 is 24.7 Å². The molecule has 0 amide bonds. The maximum atomic E-state index is 14.7. The minimum absolute atomic E-state index is 0.0572. The van der Waals surface area contributed by atoms with Crippen molar-refractivity contribution in [2.75, 3.05) is 50.7 Å². The topological polar surface area (TPSA) is 88.0 Å². The lowest BCUT2D eigenvalue weighted by Gasteiger charge is -2.33. The second-order valence-corrected chi connectivity index (χ2v) is 11.5. The molecule has 0 aliphatic carbocycles. The molecule has 2 N–H and O–H groups in total. The minimum Gasteiger partial charge on any atom is -0.495 e. The largest absolute Gasteiger partial charge is 0.495 e. The normalized spacial score (nSPS) is 18.4. The van der Waals surface area contributed by atoms with Crippen molar-refractivity contribution in [3.63, 3.8) is 0 Å². The van der Waals surface area contributed by atoms with Crippen LogP contribution in [0.1, 0.15) is 17.7 Å². The Hall–Kier alpha value is -3.50. The molecule has 3 aromatic rings. The quantitative estimate of drug-likeness (QED) is 0.332. The van der Waals surface area contributed by atoms with Gasteiger partial charge in [0.2, 0.25) is 0 Å². The van der Waals surface area contributed by atoms with E-state index in [0.717, 1.165) is 6.26 Å². The van der Waals surface area contributed by atoms with E-state index in [1.807, 2.05) is 11.9 Å². The summed E-state index contributed by atoms with van der Waals surface area (Å²) >= 11 is 0.